The van der Waals surface area contributed by atoms with Gasteiger partial charge in [0.05, 0.1) is 12.5 Å². The fraction of sp³-hybridized carbons (Fsp3) is 0.158. The largest absolute Gasteiger partial charge is 0.348 e. The summed E-state index contributed by atoms with van der Waals surface area (Å²) in [6, 6.07) is 15.3. The first-order chi connectivity index (χ1) is 12.1. The van der Waals surface area contributed by atoms with Crippen LogP contribution < -0.4 is 10.6 Å². The van der Waals surface area contributed by atoms with E-state index >= 15 is 0 Å². The highest BCUT2D eigenvalue weighted by Gasteiger charge is 2.19. The van der Waals surface area contributed by atoms with E-state index in [1.165, 1.54) is 18.3 Å². The van der Waals surface area contributed by atoms with Gasteiger partial charge in [0.1, 0.15) is 0 Å². The number of carbonyl (C=O) groups is 2. The Morgan fingerprint density at radius 2 is 1.76 bits per heavy atom. The quantitative estimate of drug-likeness (QED) is 0.662. The van der Waals surface area contributed by atoms with E-state index < -0.39 is 0 Å². The van der Waals surface area contributed by atoms with Gasteiger partial charge in [-0.1, -0.05) is 30.3 Å². The van der Waals surface area contributed by atoms with Crippen molar-refractivity contribution in [2.45, 2.75) is 19.4 Å². The van der Waals surface area contributed by atoms with Crippen LogP contribution in [0.3, 0.4) is 0 Å². The molecule has 0 aliphatic heterocycles. The van der Waals surface area contributed by atoms with E-state index in [4.69, 9.17) is 0 Å². The van der Waals surface area contributed by atoms with Gasteiger partial charge in [-0.15, -0.1) is 22.7 Å². The number of carbonyl (C=O) groups excluding carboxylic acids is 2. The second kappa shape index (κ2) is 8.09. The lowest BCUT2D eigenvalue weighted by Gasteiger charge is -2.17. The van der Waals surface area contributed by atoms with Gasteiger partial charge in [-0.3, -0.25) is 9.59 Å². The number of para-hydroxylation sites is 1. The number of amides is 2. The average Bonchev–Trinajstić information content (AvgIpc) is 3.28. The van der Waals surface area contributed by atoms with E-state index in [9.17, 15) is 9.59 Å². The van der Waals surface area contributed by atoms with Crippen LogP contribution in [0.1, 0.15) is 24.3 Å². The summed E-state index contributed by atoms with van der Waals surface area (Å²) in [6.07, 6.45) is 0.193. The maximum absolute atomic E-state index is 12.6. The number of hydrogen-bond donors (Lipinski definition) is 2. The third-order valence-corrected chi connectivity index (χ3v) is 5.53. The van der Waals surface area contributed by atoms with Crippen LogP contribution in [-0.4, -0.2) is 11.8 Å². The SMILES string of the molecule is CC(=O)N[C@H](CC(=O)Nc1ccccc1-c1cccs1)c1cccs1. The van der Waals surface area contributed by atoms with Gasteiger partial charge in [0, 0.05) is 27.9 Å². The Morgan fingerprint density at radius 1 is 1.00 bits per heavy atom. The molecule has 3 rings (SSSR count). The Bertz CT molecular complexity index is 842. The number of rotatable bonds is 6. The van der Waals surface area contributed by atoms with Crippen molar-refractivity contribution in [3.63, 3.8) is 0 Å². The molecule has 2 N–H and O–H groups in total. The molecule has 6 heteroatoms. The minimum Gasteiger partial charge on any atom is -0.348 e. The summed E-state index contributed by atoms with van der Waals surface area (Å²) in [5, 5.41) is 9.79. The Hall–Kier alpha value is -2.44. The number of benzene rings is 1. The molecule has 0 spiro atoms. The molecule has 4 nitrogen and oxygen atoms in total. The molecule has 128 valence electrons. The molecule has 0 saturated carbocycles. The van der Waals surface area contributed by atoms with Crippen LogP contribution in [0.25, 0.3) is 10.4 Å². The molecule has 2 amide bonds. The fourth-order valence-corrected chi connectivity index (χ4v) is 4.13. The summed E-state index contributed by atoms with van der Waals surface area (Å²) in [4.78, 5) is 26.1. The molecule has 25 heavy (non-hydrogen) atoms. The third kappa shape index (κ3) is 4.55. The zero-order chi connectivity index (χ0) is 17.6. The van der Waals surface area contributed by atoms with Crippen molar-refractivity contribution in [1.29, 1.82) is 0 Å². The molecular weight excluding hydrogens is 352 g/mol. The van der Waals surface area contributed by atoms with Gasteiger partial charge in [0.25, 0.3) is 0 Å². The van der Waals surface area contributed by atoms with Crippen molar-refractivity contribution >= 4 is 40.2 Å². The monoisotopic (exact) mass is 370 g/mol. The third-order valence-electron chi connectivity index (χ3n) is 3.64. The van der Waals surface area contributed by atoms with E-state index in [0.717, 1.165) is 21.0 Å². The molecule has 0 bridgehead atoms. The molecular formula is C19H18N2O2S2. The topological polar surface area (TPSA) is 58.2 Å². The predicted molar refractivity (Wildman–Crippen MR) is 104 cm³/mol. The Kier molecular flexibility index (Phi) is 5.63. The van der Waals surface area contributed by atoms with E-state index in [-0.39, 0.29) is 24.3 Å². The van der Waals surface area contributed by atoms with Crippen molar-refractivity contribution in [3.05, 3.63) is 64.2 Å². The average molecular weight is 370 g/mol. The number of anilines is 1. The molecule has 1 aromatic carbocycles. The first-order valence-corrected chi connectivity index (χ1v) is 9.62. The van der Waals surface area contributed by atoms with Gasteiger partial charge in [0.15, 0.2) is 0 Å². The lowest BCUT2D eigenvalue weighted by Crippen LogP contribution is -2.29. The molecule has 0 radical (unpaired) electrons. The minimum absolute atomic E-state index is 0.129. The van der Waals surface area contributed by atoms with Crippen LogP contribution in [-0.2, 0) is 9.59 Å². The van der Waals surface area contributed by atoms with Crippen molar-refractivity contribution in [2.75, 3.05) is 5.32 Å². The molecule has 0 aliphatic carbocycles. The van der Waals surface area contributed by atoms with Gasteiger partial charge in [-0.05, 0) is 29.0 Å². The van der Waals surface area contributed by atoms with Gasteiger partial charge in [-0.2, -0.15) is 0 Å². The highest BCUT2D eigenvalue weighted by Crippen LogP contribution is 2.32. The molecule has 3 aromatic rings. The molecule has 2 aromatic heterocycles. The van der Waals surface area contributed by atoms with Crippen molar-refractivity contribution < 1.29 is 9.59 Å². The Balaban J connectivity index is 1.75. The smallest absolute Gasteiger partial charge is 0.226 e. The molecule has 2 heterocycles. The summed E-state index contributed by atoms with van der Waals surface area (Å²) in [7, 11) is 0. The molecule has 1 atom stereocenters. The van der Waals surface area contributed by atoms with Crippen LogP contribution in [0, 0.1) is 0 Å². The van der Waals surface area contributed by atoms with Crippen LogP contribution >= 0.6 is 22.7 Å². The maximum atomic E-state index is 12.6. The summed E-state index contributed by atoms with van der Waals surface area (Å²) in [5.41, 5.74) is 1.78. The summed E-state index contributed by atoms with van der Waals surface area (Å²) in [5.74, 6) is -0.277. The fourth-order valence-electron chi connectivity index (χ4n) is 2.58. The second-order valence-corrected chi connectivity index (χ2v) is 7.47. The number of thiophene rings is 2. The van der Waals surface area contributed by atoms with Crippen LogP contribution in [0.15, 0.2) is 59.3 Å². The van der Waals surface area contributed by atoms with Gasteiger partial charge in [0.2, 0.25) is 11.8 Å². The van der Waals surface area contributed by atoms with Gasteiger partial charge < -0.3 is 10.6 Å². The summed E-state index contributed by atoms with van der Waals surface area (Å²) >= 11 is 3.16. The normalized spacial score (nSPS) is 11.7. The van der Waals surface area contributed by atoms with Crippen molar-refractivity contribution in [1.82, 2.24) is 5.32 Å². The van der Waals surface area contributed by atoms with Crippen LogP contribution in [0.5, 0.6) is 0 Å². The summed E-state index contributed by atoms with van der Waals surface area (Å²) in [6.45, 7) is 1.46. The van der Waals surface area contributed by atoms with E-state index in [1.54, 1.807) is 11.3 Å². The predicted octanol–water partition coefficient (Wildman–Crippen LogP) is 4.68. The second-order valence-electron chi connectivity index (χ2n) is 5.54. The van der Waals surface area contributed by atoms with Crippen molar-refractivity contribution in [2.24, 2.45) is 0 Å². The molecule has 0 fully saturated rings. The van der Waals surface area contributed by atoms with Gasteiger partial charge >= 0.3 is 0 Å². The maximum Gasteiger partial charge on any atom is 0.226 e. The zero-order valence-corrected chi connectivity index (χ0v) is 15.3. The number of hydrogen-bond acceptors (Lipinski definition) is 4. The first-order valence-electron chi connectivity index (χ1n) is 7.87. The Labute approximate surface area is 154 Å². The zero-order valence-electron chi connectivity index (χ0n) is 13.7. The lowest BCUT2D eigenvalue weighted by atomic mass is 10.1. The standard InChI is InChI=1S/C19H18N2O2S2/c1-13(22)20-16(18-9-5-11-25-18)12-19(23)21-15-7-3-2-6-14(15)17-8-4-10-24-17/h2-11,16H,12H2,1H3,(H,20,22)(H,21,23)/t16-/m1/s1. The van der Waals surface area contributed by atoms with Gasteiger partial charge in [-0.25, -0.2) is 0 Å². The molecule has 0 unspecified atom stereocenters. The first kappa shape index (κ1) is 17.4. The van der Waals surface area contributed by atoms with Crippen LogP contribution in [0.2, 0.25) is 0 Å². The highest BCUT2D eigenvalue weighted by atomic mass is 32.1. The minimum atomic E-state index is -0.314. The highest BCUT2D eigenvalue weighted by molar-refractivity contribution is 7.13. The number of nitrogens with one attached hydrogen (secondary N) is 2. The van der Waals surface area contributed by atoms with Crippen LogP contribution in [0.4, 0.5) is 5.69 Å². The van der Waals surface area contributed by atoms with Crippen molar-refractivity contribution in [3.8, 4) is 10.4 Å². The van der Waals surface area contributed by atoms with E-state index in [2.05, 4.69) is 10.6 Å². The van der Waals surface area contributed by atoms with E-state index in [0.29, 0.717) is 0 Å². The lowest BCUT2D eigenvalue weighted by molar-refractivity contribution is -0.120. The molecule has 0 aliphatic rings. The summed E-state index contributed by atoms with van der Waals surface area (Å²) < 4.78 is 0. The Morgan fingerprint density at radius 3 is 2.44 bits per heavy atom. The molecule has 0 saturated heterocycles. The van der Waals surface area contributed by atoms with E-state index in [1.807, 2.05) is 59.3 Å².